The van der Waals surface area contributed by atoms with Crippen LogP contribution in [0.4, 0.5) is 0 Å². The van der Waals surface area contributed by atoms with Crippen molar-refractivity contribution in [3.63, 3.8) is 0 Å². The van der Waals surface area contributed by atoms with Crippen molar-refractivity contribution in [2.24, 2.45) is 0 Å². The Morgan fingerprint density at radius 2 is 2.25 bits per heavy atom. The second-order valence-corrected chi connectivity index (χ2v) is 4.63. The Labute approximate surface area is 130 Å². The molecule has 1 atom stereocenters. The number of hydrogen-bond acceptors (Lipinski definition) is 3. The molecule has 1 aliphatic rings. The molecule has 20 heavy (non-hydrogen) atoms. The van der Waals surface area contributed by atoms with Crippen LogP contribution in [0.3, 0.4) is 0 Å². The van der Waals surface area contributed by atoms with Gasteiger partial charge >= 0.3 is 0 Å². The number of imidazole rings is 1. The van der Waals surface area contributed by atoms with E-state index in [1.165, 1.54) is 0 Å². The number of pyridine rings is 1. The number of nitrogens with zero attached hydrogens (tertiary/aromatic N) is 2. The number of hydrogen-bond donors (Lipinski definition) is 2. The highest BCUT2D eigenvalue weighted by Gasteiger charge is 2.16. The average Bonchev–Trinajstić information content (AvgIpc) is 2.87. The van der Waals surface area contributed by atoms with Crippen molar-refractivity contribution in [2.45, 2.75) is 18.9 Å². The summed E-state index contributed by atoms with van der Waals surface area (Å²) in [7, 11) is 0. The lowest BCUT2D eigenvalue weighted by atomic mass is 10.1. The van der Waals surface area contributed by atoms with Crippen LogP contribution in [0.2, 0.25) is 0 Å². The first-order valence-corrected chi connectivity index (χ1v) is 6.27. The summed E-state index contributed by atoms with van der Waals surface area (Å²) in [6.07, 6.45) is 7.54. The number of piperidine rings is 1. The summed E-state index contributed by atoms with van der Waals surface area (Å²) in [6.45, 7) is 1.91. The van der Waals surface area contributed by atoms with Gasteiger partial charge in [-0.25, -0.2) is 4.98 Å². The van der Waals surface area contributed by atoms with Crippen molar-refractivity contribution < 1.29 is 4.79 Å². The predicted octanol–water partition coefficient (Wildman–Crippen LogP) is 1.66. The Bertz CT molecular complexity index is 566. The van der Waals surface area contributed by atoms with E-state index in [1.807, 2.05) is 28.9 Å². The van der Waals surface area contributed by atoms with Gasteiger partial charge in [0, 0.05) is 31.2 Å². The molecule has 2 aromatic rings. The molecule has 0 aliphatic carbocycles. The topological polar surface area (TPSA) is 58.4 Å². The van der Waals surface area contributed by atoms with Crippen molar-refractivity contribution in [3.8, 4) is 0 Å². The molecule has 1 fully saturated rings. The van der Waals surface area contributed by atoms with E-state index in [4.69, 9.17) is 0 Å². The van der Waals surface area contributed by atoms with E-state index in [0.29, 0.717) is 5.56 Å². The van der Waals surface area contributed by atoms with Crippen LogP contribution in [0.1, 0.15) is 23.2 Å². The number of halogens is 2. The van der Waals surface area contributed by atoms with Gasteiger partial charge in [0.25, 0.3) is 5.91 Å². The second-order valence-electron chi connectivity index (χ2n) is 4.63. The van der Waals surface area contributed by atoms with Gasteiger partial charge in [0.15, 0.2) is 0 Å². The van der Waals surface area contributed by atoms with Crippen LogP contribution >= 0.6 is 24.8 Å². The van der Waals surface area contributed by atoms with E-state index in [-0.39, 0.29) is 36.8 Å². The van der Waals surface area contributed by atoms with E-state index in [0.717, 1.165) is 31.6 Å². The molecule has 2 aromatic heterocycles. The van der Waals surface area contributed by atoms with Gasteiger partial charge in [-0.2, -0.15) is 0 Å². The first-order chi connectivity index (χ1) is 8.83. The molecule has 0 unspecified atom stereocenters. The summed E-state index contributed by atoms with van der Waals surface area (Å²) in [5, 5.41) is 6.34. The minimum atomic E-state index is -0.0145. The molecule has 1 saturated heterocycles. The molecule has 0 spiro atoms. The van der Waals surface area contributed by atoms with Gasteiger partial charge in [-0.05, 0) is 31.5 Å². The fraction of sp³-hybridized carbons (Fsp3) is 0.385. The molecule has 110 valence electrons. The van der Waals surface area contributed by atoms with Crippen molar-refractivity contribution in [3.05, 3.63) is 36.3 Å². The molecule has 1 aliphatic heterocycles. The van der Waals surface area contributed by atoms with Crippen LogP contribution in [0.25, 0.3) is 5.65 Å². The summed E-state index contributed by atoms with van der Waals surface area (Å²) < 4.78 is 1.86. The summed E-state index contributed by atoms with van der Waals surface area (Å²) in [5.74, 6) is -0.0145. The third-order valence-electron chi connectivity index (χ3n) is 3.28. The maximum atomic E-state index is 12.1. The standard InChI is InChI=1S/C13H16N4O.2ClH/c18-13(16-11-2-1-5-14-8-11)10-3-4-12-15-6-7-17(12)9-10;;/h3-4,6-7,9,11,14H,1-2,5,8H2,(H,16,18);2*1H/t11-;;/m0../s1. The van der Waals surface area contributed by atoms with Crippen LogP contribution in [0.5, 0.6) is 0 Å². The minimum Gasteiger partial charge on any atom is -0.348 e. The molecule has 0 aromatic carbocycles. The highest BCUT2D eigenvalue weighted by Crippen LogP contribution is 2.07. The normalized spacial score (nSPS) is 17.9. The van der Waals surface area contributed by atoms with Crippen LogP contribution in [0.15, 0.2) is 30.7 Å². The zero-order chi connectivity index (χ0) is 12.4. The number of amides is 1. The smallest absolute Gasteiger partial charge is 0.253 e. The number of nitrogens with one attached hydrogen (secondary N) is 2. The summed E-state index contributed by atoms with van der Waals surface area (Å²) in [6, 6.07) is 3.91. The Morgan fingerprint density at radius 3 is 3.00 bits per heavy atom. The third-order valence-corrected chi connectivity index (χ3v) is 3.28. The monoisotopic (exact) mass is 316 g/mol. The van der Waals surface area contributed by atoms with Crippen molar-refractivity contribution in [1.29, 1.82) is 0 Å². The maximum Gasteiger partial charge on any atom is 0.253 e. The Kier molecular flexibility index (Phi) is 6.26. The van der Waals surface area contributed by atoms with Crippen LogP contribution < -0.4 is 10.6 Å². The quantitative estimate of drug-likeness (QED) is 0.886. The Hall–Kier alpha value is -1.30. The van der Waals surface area contributed by atoms with Gasteiger partial charge in [-0.1, -0.05) is 0 Å². The lowest BCUT2D eigenvalue weighted by Crippen LogP contribution is -2.45. The average molecular weight is 317 g/mol. The molecule has 5 nitrogen and oxygen atoms in total. The second kappa shape index (κ2) is 7.47. The number of carbonyl (C=O) groups is 1. The van der Waals surface area contributed by atoms with E-state index in [9.17, 15) is 4.79 Å². The van der Waals surface area contributed by atoms with E-state index in [1.54, 1.807) is 6.20 Å². The molecule has 3 rings (SSSR count). The lowest BCUT2D eigenvalue weighted by Gasteiger charge is -2.23. The summed E-state index contributed by atoms with van der Waals surface area (Å²) in [5.41, 5.74) is 1.52. The third kappa shape index (κ3) is 3.62. The van der Waals surface area contributed by atoms with Gasteiger partial charge in [-0.3, -0.25) is 4.79 Å². The van der Waals surface area contributed by atoms with Gasteiger partial charge in [0.1, 0.15) is 5.65 Å². The Morgan fingerprint density at radius 1 is 1.40 bits per heavy atom. The van der Waals surface area contributed by atoms with Gasteiger partial charge in [0.2, 0.25) is 0 Å². The Balaban J connectivity index is 0.000001000. The molecule has 3 heterocycles. The van der Waals surface area contributed by atoms with Gasteiger partial charge < -0.3 is 15.0 Å². The molecule has 0 saturated carbocycles. The fourth-order valence-electron chi connectivity index (χ4n) is 2.30. The van der Waals surface area contributed by atoms with E-state index in [2.05, 4.69) is 15.6 Å². The molecule has 0 bridgehead atoms. The van der Waals surface area contributed by atoms with Crippen molar-refractivity contribution >= 4 is 36.4 Å². The number of aromatic nitrogens is 2. The van der Waals surface area contributed by atoms with Crippen LogP contribution in [0, 0.1) is 0 Å². The van der Waals surface area contributed by atoms with Gasteiger partial charge in [0.05, 0.1) is 5.56 Å². The molecule has 0 radical (unpaired) electrons. The number of rotatable bonds is 2. The molecule has 2 N–H and O–H groups in total. The predicted molar refractivity (Wildman–Crippen MR) is 83.0 cm³/mol. The first kappa shape index (κ1) is 16.8. The molecular weight excluding hydrogens is 299 g/mol. The lowest BCUT2D eigenvalue weighted by molar-refractivity contribution is 0.0930. The highest BCUT2D eigenvalue weighted by atomic mass is 35.5. The van der Waals surface area contributed by atoms with Crippen molar-refractivity contribution in [2.75, 3.05) is 13.1 Å². The highest BCUT2D eigenvalue weighted by molar-refractivity contribution is 5.94. The minimum absolute atomic E-state index is 0. The maximum absolute atomic E-state index is 12.1. The largest absolute Gasteiger partial charge is 0.348 e. The summed E-state index contributed by atoms with van der Waals surface area (Å²) in [4.78, 5) is 16.3. The number of carbonyl (C=O) groups excluding carboxylic acids is 1. The first-order valence-electron chi connectivity index (χ1n) is 6.27. The molecule has 1 amide bonds. The molecular formula is C13H18Cl2N4O. The van der Waals surface area contributed by atoms with E-state index < -0.39 is 0 Å². The summed E-state index contributed by atoms with van der Waals surface area (Å²) >= 11 is 0. The fourth-order valence-corrected chi connectivity index (χ4v) is 2.30. The van der Waals surface area contributed by atoms with Crippen molar-refractivity contribution in [1.82, 2.24) is 20.0 Å². The van der Waals surface area contributed by atoms with Crippen LogP contribution in [-0.2, 0) is 0 Å². The number of fused-ring (bicyclic) bond motifs is 1. The van der Waals surface area contributed by atoms with E-state index >= 15 is 0 Å². The zero-order valence-electron chi connectivity index (χ0n) is 10.9. The SMILES string of the molecule is Cl.Cl.O=C(N[C@H]1CCCNC1)c1ccc2nccn2c1. The zero-order valence-corrected chi connectivity index (χ0v) is 12.5. The molecule has 7 heteroatoms. The van der Waals surface area contributed by atoms with Crippen LogP contribution in [-0.4, -0.2) is 34.4 Å². The van der Waals surface area contributed by atoms with Gasteiger partial charge in [-0.15, -0.1) is 24.8 Å².